The second kappa shape index (κ2) is 6.85. The van der Waals surface area contributed by atoms with Gasteiger partial charge in [0.2, 0.25) is 0 Å². The molecule has 0 saturated carbocycles. The zero-order valence-corrected chi connectivity index (χ0v) is 11.5. The molecule has 0 aliphatic carbocycles. The van der Waals surface area contributed by atoms with E-state index >= 15 is 0 Å². The van der Waals surface area contributed by atoms with Crippen LogP contribution in [-0.2, 0) is 4.79 Å². The molecule has 0 spiro atoms. The monoisotopic (exact) mass is 289 g/mol. The summed E-state index contributed by atoms with van der Waals surface area (Å²) in [7, 11) is 0. The van der Waals surface area contributed by atoms with E-state index in [-0.39, 0.29) is 12.3 Å². The fourth-order valence-corrected chi connectivity index (χ4v) is 1.74. The van der Waals surface area contributed by atoms with Crippen molar-refractivity contribution >= 4 is 11.6 Å². The Morgan fingerprint density at radius 2 is 1.90 bits per heavy atom. The quantitative estimate of drug-likeness (QED) is 0.889. The maximum Gasteiger partial charge on any atom is 0.262 e. The van der Waals surface area contributed by atoms with E-state index in [1.165, 1.54) is 12.1 Å². The lowest BCUT2D eigenvalue weighted by atomic mass is 10.1. The van der Waals surface area contributed by atoms with Crippen molar-refractivity contribution in [3.63, 3.8) is 0 Å². The lowest BCUT2D eigenvalue weighted by Crippen LogP contribution is -2.20. The van der Waals surface area contributed by atoms with Gasteiger partial charge in [0, 0.05) is 0 Å². The maximum absolute atomic E-state index is 13.4. The third-order valence-corrected chi connectivity index (χ3v) is 2.88. The van der Waals surface area contributed by atoms with Crippen molar-refractivity contribution in [2.24, 2.45) is 0 Å². The number of halogens is 1. The van der Waals surface area contributed by atoms with Crippen LogP contribution in [0.5, 0.6) is 5.75 Å². The molecule has 2 rings (SSSR count). The zero-order valence-electron chi connectivity index (χ0n) is 11.5. The third kappa shape index (κ3) is 4.29. The third-order valence-electron chi connectivity index (χ3n) is 2.88. The molecule has 110 valence electrons. The number of nitrogens with one attached hydrogen (secondary N) is 1. The molecule has 0 bridgehead atoms. The van der Waals surface area contributed by atoms with E-state index in [2.05, 4.69) is 5.32 Å². The summed E-state index contributed by atoms with van der Waals surface area (Å²) in [5, 5.41) is 11.8. The van der Waals surface area contributed by atoms with Crippen LogP contribution in [0.25, 0.3) is 0 Å². The Labute approximate surface area is 122 Å². The van der Waals surface area contributed by atoms with Crippen molar-refractivity contribution in [3.05, 3.63) is 59.9 Å². The zero-order chi connectivity index (χ0) is 15.2. The van der Waals surface area contributed by atoms with Gasteiger partial charge in [-0.1, -0.05) is 24.3 Å². The van der Waals surface area contributed by atoms with Crippen molar-refractivity contribution in [2.45, 2.75) is 13.0 Å². The van der Waals surface area contributed by atoms with Gasteiger partial charge in [0.25, 0.3) is 5.91 Å². The first-order chi connectivity index (χ1) is 10.1. The highest BCUT2D eigenvalue weighted by molar-refractivity contribution is 5.91. The molecule has 1 amide bonds. The van der Waals surface area contributed by atoms with E-state index in [4.69, 9.17) is 4.74 Å². The molecule has 2 aromatic rings. The minimum absolute atomic E-state index is 0.121. The Morgan fingerprint density at radius 1 is 1.24 bits per heavy atom. The number of aliphatic hydroxyl groups is 1. The minimum Gasteiger partial charge on any atom is -0.484 e. The van der Waals surface area contributed by atoms with E-state index in [9.17, 15) is 14.3 Å². The molecular weight excluding hydrogens is 273 g/mol. The summed E-state index contributed by atoms with van der Waals surface area (Å²) in [4.78, 5) is 11.7. The van der Waals surface area contributed by atoms with E-state index < -0.39 is 17.8 Å². The molecular formula is C16H16FNO3. The second-order valence-corrected chi connectivity index (χ2v) is 4.56. The first-order valence-corrected chi connectivity index (χ1v) is 6.51. The topological polar surface area (TPSA) is 58.6 Å². The van der Waals surface area contributed by atoms with Gasteiger partial charge in [-0.3, -0.25) is 4.79 Å². The number of rotatable bonds is 5. The summed E-state index contributed by atoms with van der Waals surface area (Å²) in [6.07, 6.45) is -0.552. The normalized spacial score (nSPS) is 11.8. The highest BCUT2D eigenvalue weighted by Crippen LogP contribution is 2.17. The average molecular weight is 289 g/mol. The Kier molecular flexibility index (Phi) is 4.90. The Bertz CT molecular complexity index is 611. The number of aliphatic hydroxyl groups excluding tert-OH is 1. The molecule has 0 unspecified atom stereocenters. The standard InChI is InChI=1S/C16H16FNO3/c1-11(19)12-6-8-13(9-7-12)21-10-16(20)18-15-5-3-2-4-14(15)17/h2-9,11,19H,10H2,1H3,(H,18,20)/t11-/m1/s1. The first kappa shape index (κ1) is 15.0. The van der Waals surface area contributed by atoms with Crippen molar-refractivity contribution < 1.29 is 19.0 Å². The average Bonchev–Trinajstić information content (AvgIpc) is 2.48. The molecule has 0 heterocycles. The van der Waals surface area contributed by atoms with Gasteiger partial charge in [0.05, 0.1) is 11.8 Å². The number of ether oxygens (including phenoxy) is 1. The molecule has 0 aliphatic heterocycles. The molecule has 0 aliphatic rings. The molecule has 0 fully saturated rings. The molecule has 21 heavy (non-hydrogen) atoms. The highest BCUT2D eigenvalue weighted by atomic mass is 19.1. The van der Waals surface area contributed by atoms with Gasteiger partial charge < -0.3 is 15.2 Å². The van der Waals surface area contributed by atoms with E-state index in [0.29, 0.717) is 5.75 Å². The predicted molar refractivity (Wildman–Crippen MR) is 77.6 cm³/mol. The van der Waals surface area contributed by atoms with Gasteiger partial charge in [0.1, 0.15) is 11.6 Å². The van der Waals surface area contributed by atoms with E-state index in [0.717, 1.165) is 5.56 Å². The van der Waals surface area contributed by atoms with Gasteiger partial charge in [-0.15, -0.1) is 0 Å². The van der Waals surface area contributed by atoms with Crippen LogP contribution in [0, 0.1) is 5.82 Å². The summed E-state index contributed by atoms with van der Waals surface area (Å²) in [5.41, 5.74) is 0.883. The second-order valence-electron chi connectivity index (χ2n) is 4.56. The Hall–Kier alpha value is -2.40. The van der Waals surface area contributed by atoms with Crippen molar-refractivity contribution in [3.8, 4) is 5.75 Å². The van der Waals surface area contributed by atoms with Gasteiger partial charge >= 0.3 is 0 Å². The number of benzene rings is 2. The summed E-state index contributed by atoms with van der Waals surface area (Å²) in [6.45, 7) is 1.44. The summed E-state index contributed by atoms with van der Waals surface area (Å²) in [5.74, 6) is -0.435. The van der Waals surface area contributed by atoms with Crippen LogP contribution in [-0.4, -0.2) is 17.6 Å². The van der Waals surface area contributed by atoms with Crippen molar-refractivity contribution in [2.75, 3.05) is 11.9 Å². The minimum atomic E-state index is -0.552. The van der Waals surface area contributed by atoms with Crippen LogP contribution in [0.2, 0.25) is 0 Å². The number of hydrogen-bond donors (Lipinski definition) is 2. The molecule has 0 radical (unpaired) electrons. The van der Waals surface area contributed by atoms with Crippen molar-refractivity contribution in [1.29, 1.82) is 0 Å². The molecule has 2 aromatic carbocycles. The fraction of sp³-hybridized carbons (Fsp3) is 0.188. The Morgan fingerprint density at radius 3 is 2.52 bits per heavy atom. The van der Waals surface area contributed by atoms with Crippen LogP contribution in [0.3, 0.4) is 0 Å². The summed E-state index contributed by atoms with van der Waals surface area (Å²) >= 11 is 0. The number of para-hydroxylation sites is 1. The Balaban J connectivity index is 1.88. The first-order valence-electron chi connectivity index (χ1n) is 6.51. The van der Waals surface area contributed by atoms with Crippen LogP contribution in [0.4, 0.5) is 10.1 Å². The van der Waals surface area contributed by atoms with Gasteiger partial charge in [-0.25, -0.2) is 4.39 Å². The smallest absolute Gasteiger partial charge is 0.262 e. The number of carbonyl (C=O) groups is 1. The number of anilines is 1. The number of hydrogen-bond acceptors (Lipinski definition) is 3. The summed E-state index contributed by atoms with van der Waals surface area (Å²) < 4.78 is 18.7. The summed E-state index contributed by atoms with van der Waals surface area (Å²) in [6, 6.07) is 12.7. The molecule has 0 aromatic heterocycles. The van der Waals surface area contributed by atoms with Gasteiger partial charge in [-0.05, 0) is 36.8 Å². The van der Waals surface area contributed by atoms with Gasteiger partial charge in [0.15, 0.2) is 6.61 Å². The van der Waals surface area contributed by atoms with E-state index in [1.807, 2.05) is 0 Å². The molecule has 5 heteroatoms. The van der Waals surface area contributed by atoms with Crippen LogP contribution < -0.4 is 10.1 Å². The highest BCUT2D eigenvalue weighted by Gasteiger charge is 2.07. The molecule has 4 nitrogen and oxygen atoms in total. The number of carbonyl (C=O) groups excluding carboxylic acids is 1. The number of amides is 1. The van der Waals surface area contributed by atoms with Crippen LogP contribution in [0.15, 0.2) is 48.5 Å². The van der Waals surface area contributed by atoms with Crippen LogP contribution in [0.1, 0.15) is 18.6 Å². The van der Waals surface area contributed by atoms with E-state index in [1.54, 1.807) is 43.3 Å². The lowest BCUT2D eigenvalue weighted by molar-refractivity contribution is -0.118. The molecule has 1 atom stereocenters. The predicted octanol–water partition coefficient (Wildman–Crippen LogP) is 2.90. The largest absolute Gasteiger partial charge is 0.484 e. The van der Waals surface area contributed by atoms with Crippen LogP contribution >= 0.6 is 0 Å². The maximum atomic E-state index is 13.4. The fourth-order valence-electron chi connectivity index (χ4n) is 1.74. The van der Waals surface area contributed by atoms with Crippen molar-refractivity contribution in [1.82, 2.24) is 0 Å². The molecule has 0 saturated heterocycles. The SMILES string of the molecule is C[C@@H](O)c1ccc(OCC(=O)Nc2ccccc2F)cc1. The molecule has 2 N–H and O–H groups in total. The lowest BCUT2D eigenvalue weighted by Gasteiger charge is -2.09. The van der Waals surface area contributed by atoms with Gasteiger partial charge in [-0.2, -0.15) is 0 Å².